The SMILES string of the molecule is COc1ccccc1NC(=O)C1(C(=O)Nc2c(F)cccc2F)CC1. The summed E-state index contributed by atoms with van der Waals surface area (Å²) in [6.45, 7) is 0. The minimum absolute atomic E-state index is 0.301. The largest absolute Gasteiger partial charge is 0.495 e. The number of nitrogens with one attached hydrogen (secondary N) is 2. The Balaban J connectivity index is 1.77. The maximum absolute atomic E-state index is 13.7. The maximum atomic E-state index is 13.7. The third-order valence-corrected chi connectivity index (χ3v) is 4.18. The van der Waals surface area contributed by atoms with E-state index in [4.69, 9.17) is 4.74 Å². The van der Waals surface area contributed by atoms with Gasteiger partial charge in [0, 0.05) is 0 Å². The van der Waals surface area contributed by atoms with Gasteiger partial charge in [0.2, 0.25) is 11.8 Å². The fraction of sp³-hybridized carbons (Fsp3) is 0.222. The van der Waals surface area contributed by atoms with E-state index in [9.17, 15) is 18.4 Å². The van der Waals surface area contributed by atoms with Crippen LogP contribution in [0.2, 0.25) is 0 Å². The van der Waals surface area contributed by atoms with Crippen LogP contribution in [0.15, 0.2) is 42.5 Å². The highest BCUT2D eigenvalue weighted by Crippen LogP contribution is 2.48. The summed E-state index contributed by atoms with van der Waals surface area (Å²) in [5, 5.41) is 4.84. The number of benzene rings is 2. The summed E-state index contributed by atoms with van der Waals surface area (Å²) in [5.74, 6) is -2.61. The summed E-state index contributed by atoms with van der Waals surface area (Å²) < 4.78 is 32.5. The minimum Gasteiger partial charge on any atom is -0.495 e. The Morgan fingerprint density at radius 2 is 1.56 bits per heavy atom. The Kier molecular flexibility index (Phi) is 4.39. The second-order valence-electron chi connectivity index (χ2n) is 5.79. The predicted octanol–water partition coefficient (Wildman–Crippen LogP) is 3.33. The lowest BCUT2D eigenvalue weighted by Crippen LogP contribution is -2.36. The molecule has 0 atom stereocenters. The summed E-state index contributed by atoms with van der Waals surface area (Å²) in [4.78, 5) is 25.0. The predicted molar refractivity (Wildman–Crippen MR) is 88.3 cm³/mol. The third kappa shape index (κ3) is 3.17. The highest BCUT2D eigenvalue weighted by Gasteiger charge is 2.56. The van der Waals surface area contributed by atoms with Gasteiger partial charge in [-0.25, -0.2) is 8.78 Å². The van der Waals surface area contributed by atoms with Crippen LogP contribution >= 0.6 is 0 Å². The molecule has 0 unspecified atom stereocenters. The monoisotopic (exact) mass is 346 g/mol. The number of carbonyl (C=O) groups excluding carboxylic acids is 2. The second kappa shape index (κ2) is 6.51. The molecule has 1 saturated carbocycles. The van der Waals surface area contributed by atoms with E-state index in [1.807, 2.05) is 0 Å². The van der Waals surface area contributed by atoms with Crippen LogP contribution < -0.4 is 15.4 Å². The average molecular weight is 346 g/mol. The zero-order valence-electron chi connectivity index (χ0n) is 13.4. The lowest BCUT2D eigenvalue weighted by Gasteiger charge is -2.17. The summed E-state index contributed by atoms with van der Waals surface area (Å²) in [7, 11) is 1.46. The molecule has 0 saturated heterocycles. The van der Waals surface area contributed by atoms with Gasteiger partial charge in [0.1, 0.15) is 28.5 Å². The number of methoxy groups -OCH3 is 1. The Morgan fingerprint density at radius 3 is 2.16 bits per heavy atom. The smallest absolute Gasteiger partial charge is 0.240 e. The van der Waals surface area contributed by atoms with Gasteiger partial charge in [-0.1, -0.05) is 18.2 Å². The Hall–Kier alpha value is -2.96. The first-order chi connectivity index (χ1) is 12.0. The van der Waals surface area contributed by atoms with Crippen LogP contribution in [-0.2, 0) is 9.59 Å². The van der Waals surface area contributed by atoms with Gasteiger partial charge in [0.05, 0.1) is 12.8 Å². The van der Waals surface area contributed by atoms with Gasteiger partial charge < -0.3 is 15.4 Å². The van der Waals surface area contributed by atoms with E-state index in [0.29, 0.717) is 24.3 Å². The topological polar surface area (TPSA) is 67.4 Å². The molecule has 2 aromatic rings. The molecule has 3 rings (SSSR count). The highest BCUT2D eigenvalue weighted by atomic mass is 19.1. The van der Waals surface area contributed by atoms with Gasteiger partial charge in [-0.15, -0.1) is 0 Å². The Morgan fingerprint density at radius 1 is 0.960 bits per heavy atom. The number of halogens is 2. The second-order valence-corrected chi connectivity index (χ2v) is 5.79. The van der Waals surface area contributed by atoms with Crippen LogP contribution in [0, 0.1) is 17.0 Å². The number of para-hydroxylation sites is 3. The van der Waals surface area contributed by atoms with E-state index in [1.54, 1.807) is 24.3 Å². The van der Waals surface area contributed by atoms with E-state index in [1.165, 1.54) is 13.2 Å². The van der Waals surface area contributed by atoms with Gasteiger partial charge in [-0.05, 0) is 37.1 Å². The minimum atomic E-state index is -1.34. The standard InChI is InChI=1S/C18H16F2N2O3/c1-25-14-8-3-2-7-13(14)21-16(23)18(9-10-18)17(24)22-15-11(19)5-4-6-12(15)20/h2-8H,9-10H2,1H3,(H,21,23)(H,22,24). The molecule has 2 aromatic carbocycles. The fourth-order valence-corrected chi connectivity index (χ4v) is 2.52. The number of carbonyl (C=O) groups is 2. The lowest BCUT2D eigenvalue weighted by atomic mass is 10.0. The van der Waals surface area contributed by atoms with Gasteiger partial charge in [-0.2, -0.15) is 0 Å². The number of hydrogen-bond acceptors (Lipinski definition) is 3. The molecule has 7 heteroatoms. The molecule has 0 aliphatic heterocycles. The Bertz CT molecular complexity index is 815. The van der Waals surface area contributed by atoms with Crippen LogP contribution in [0.1, 0.15) is 12.8 Å². The van der Waals surface area contributed by atoms with E-state index < -0.39 is 34.6 Å². The van der Waals surface area contributed by atoms with Crippen molar-refractivity contribution in [1.29, 1.82) is 0 Å². The summed E-state index contributed by atoms with van der Waals surface area (Å²) in [6.07, 6.45) is 0.603. The number of anilines is 2. The van der Waals surface area contributed by atoms with E-state index in [-0.39, 0.29) is 0 Å². The molecule has 0 aromatic heterocycles. The van der Waals surface area contributed by atoms with Gasteiger partial charge in [0.25, 0.3) is 0 Å². The Labute approximate surface area is 143 Å². The van der Waals surface area contributed by atoms with Gasteiger partial charge >= 0.3 is 0 Å². The summed E-state index contributed by atoms with van der Waals surface area (Å²) in [6, 6.07) is 10.0. The van der Waals surface area contributed by atoms with E-state index in [0.717, 1.165) is 12.1 Å². The molecule has 1 fully saturated rings. The van der Waals surface area contributed by atoms with Crippen molar-refractivity contribution in [2.45, 2.75) is 12.8 Å². The lowest BCUT2D eigenvalue weighted by molar-refractivity contribution is -0.131. The molecule has 1 aliphatic rings. The molecular formula is C18H16F2N2O3. The molecule has 2 amide bonds. The van der Waals surface area contributed by atoms with Crippen molar-refractivity contribution in [2.24, 2.45) is 5.41 Å². The zero-order valence-corrected chi connectivity index (χ0v) is 13.4. The number of amides is 2. The number of rotatable bonds is 5. The molecule has 0 bridgehead atoms. The third-order valence-electron chi connectivity index (χ3n) is 4.18. The fourth-order valence-electron chi connectivity index (χ4n) is 2.52. The summed E-state index contributed by atoms with van der Waals surface area (Å²) >= 11 is 0. The van der Waals surface area contributed by atoms with Crippen LogP contribution in [0.3, 0.4) is 0 Å². The molecule has 130 valence electrons. The van der Waals surface area contributed by atoms with Crippen molar-refractivity contribution in [2.75, 3.05) is 17.7 Å². The van der Waals surface area contributed by atoms with Crippen molar-refractivity contribution in [1.82, 2.24) is 0 Å². The molecule has 5 nitrogen and oxygen atoms in total. The van der Waals surface area contributed by atoms with Crippen LogP contribution in [0.4, 0.5) is 20.2 Å². The first kappa shape index (κ1) is 16.9. The van der Waals surface area contributed by atoms with Crippen molar-refractivity contribution >= 4 is 23.2 Å². The van der Waals surface area contributed by atoms with Crippen molar-refractivity contribution in [3.8, 4) is 5.75 Å². The molecule has 1 aliphatic carbocycles. The molecule has 2 N–H and O–H groups in total. The molecule has 0 spiro atoms. The summed E-state index contributed by atoms with van der Waals surface area (Å²) in [5.41, 5.74) is -1.47. The molecule has 0 radical (unpaired) electrons. The first-order valence-electron chi connectivity index (χ1n) is 7.68. The van der Waals surface area contributed by atoms with Gasteiger partial charge in [-0.3, -0.25) is 9.59 Å². The highest BCUT2D eigenvalue weighted by molar-refractivity contribution is 6.17. The van der Waals surface area contributed by atoms with Crippen LogP contribution in [0.5, 0.6) is 5.75 Å². The number of ether oxygens (including phenoxy) is 1. The van der Waals surface area contributed by atoms with E-state index >= 15 is 0 Å². The van der Waals surface area contributed by atoms with Crippen molar-refractivity contribution in [3.63, 3.8) is 0 Å². The normalized spacial score (nSPS) is 14.5. The quantitative estimate of drug-likeness (QED) is 0.816. The van der Waals surface area contributed by atoms with Crippen LogP contribution in [0.25, 0.3) is 0 Å². The molecule has 25 heavy (non-hydrogen) atoms. The molecular weight excluding hydrogens is 330 g/mol. The van der Waals surface area contributed by atoms with E-state index in [2.05, 4.69) is 10.6 Å². The molecule has 0 heterocycles. The number of hydrogen-bond donors (Lipinski definition) is 2. The van der Waals surface area contributed by atoms with Gasteiger partial charge in [0.15, 0.2) is 0 Å². The zero-order chi connectivity index (χ0) is 18.0. The maximum Gasteiger partial charge on any atom is 0.240 e. The average Bonchev–Trinajstić information content (AvgIpc) is 3.40. The first-order valence-corrected chi connectivity index (χ1v) is 7.68. The van der Waals surface area contributed by atoms with Crippen LogP contribution in [-0.4, -0.2) is 18.9 Å². The van der Waals surface area contributed by atoms with Crippen molar-refractivity contribution < 1.29 is 23.1 Å². The van der Waals surface area contributed by atoms with Crippen molar-refractivity contribution in [3.05, 3.63) is 54.1 Å².